The van der Waals surface area contributed by atoms with E-state index in [0.717, 1.165) is 30.8 Å². The maximum atomic E-state index is 9.27. The van der Waals surface area contributed by atoms with Gasteiger partial charge in [-0.3, -0.25) is 0 Å². The van der Waals surface area contributed by atoms with Gasteiger partial charge >= 0.3 is 0 Å². The summed E-state index contributed by atoms with van der Waals surface area (Å²) in [6.45, 7) is 6.54. The third kappa shape index (κ3) is 5.94. The minimum atomic E-state index is -0.0425. The van der Waals surface area contributed by atoms with Crippen LogP contribution in [0.25, 0.3) is 0 Å². The van der Waals surface area contributed by atoms with Crippen LogP contribution in [0.2, 0.25) is 0 Å². The van der Waals surface area contributed by atoms with Crippen LogP contribution in [-0.2, 0) is 11.3 Å². The van der Waals surface area contributed by atoms with Gasteiger partial charge in [-0.2, -0.15) is 0 Å². The molecule has 0 aromatic heterocycles. The Hall–Kier alpha value is -1.26. The molecule has 4 heteroatoms. The third-order valence-electron chi connectivity index (χ3n) is 2.52. The molecule has 0 atom stereocenters. The highest BCUT2D eigenvalue weighted by molar-refractivity contribution is 5.40. The van der Waals surface area contributed by atoms with E-state index >= 15 is 0 Å². The smallest absolute Gasteiger partial charge is 0.128 e. The zero-order valence-electron chi connectivity index (χ0n) is 11.9. The monoisotopic (exact) mass is 268 g/mol. The molecule has 0 radical (unpaired) electrons. The van der Waals surface area contributed by atoms with Crippen LogP contribution in [0.5, 0.6) is 11.5 Å². The topological polar surface area (TPSA) is 47.9 Å². The molecule has 0 aliphatic rings. The van der Waals surface area contributed by atoms with Crippen LogP contribution < -0.4 is 9.47 Å². The lowest BCUT2D eigenvalue weighted by molar-refractivity contribution is 0.0995. The van der Waals surface area contributed by atoms with Crippen molar-refractivity contribution >= 4 is 0 Å². The first-order valence-electron chi connectivity index (χ1n) is 6.88. The Kier molecular flexibility index (Phi) is 8.02. The standard InChI is InChI=1S/C15H24O4/c1-3-7-17-9-10-19-15-11-14(18-8-4-2)6-5-13(15)12-16/h5-6,11,16H,3-4,7-10,12H2,1-2H3. The Morgan fingerprint density at radius 2 is 1.74 bits per heavy atom. The second-order valence-corrected chi connectivity index (χ2v) is 4.24. The molecule has 0 fully saturated rings. The SMILES string of the molecule is CCCOCCOc1cc(OCCC)ccc1CO. The van der Waals surface area contributed by atoms with Gasteiger partial charge in [0.2, 0.25) is 0 Å². The van der Waals surface area contributed by atoms with Crippen molar-refractivity contribution in [1.29, 1.82) is 0 Å². The van der Waals surface area contributed by atoms with Crippen molar-refractivity contribution in [1.82, 2.24) is 0 Å². The van der Waals surface area contributed by atoms with Gasteiger partial charge in [-0.05, 0) is 25.0 Å². The quantitative estimate of drug-likeness (QED) is 0.663. The summed E-state index contributed by atoms with van der Waals surface area (Å²) >= 11 is 0. The number of ether oxygens (including phenoxy) is 3. The largest absolute Gasteiger partial charge is 0.493 e. The van der Waals surface area contributed by atoms with E-state index in [1.54, 1.807) is 0 Å². The zero-order chi connectivity index (χ0) is 13.9. The fourth-order valence-electron chi connectivity index (χ4n) is 1.57. The lowest BCUT2D eigenvalue weighted by Crippen LogP contribution is -2.08. The van der Waals surface area contributed by atoms with E-state index < -0.39 is 0 Å². The van der Waals surface area contributed by atoms with Crippen LogP contribution in [0, 0.1) is 0 Å². The summed E-state index contributed by atoms with van der Waals surface area (Å²) < 4.78 is 16.5. The molecule has 0 bridgehead atoms. The van der Waals surface area contributed by atoms with Crippen LogP contribution in [-0.4, -0.2) is 31.5 Å². The number of benzene rings is 1. The predicted molar refractivity (Wildman–Crippen MR) is 74.8 cm³/mol. The van der Waals surface area contributed by atoms with E-state index in [1.807, 2.05) is 18.2 Å². The molecule has 19 heavy (non-hydrogen) atoms. The van der Waals surface area contributed by atoms with Crippen LogP contribution in [0.1, 0.15) is 32.3 Å². The summed E-state index contributed by atoms with van der Waals surface area (Å²) in [5.41, 5.74) is 0.763. The summed E-state index contributed by atoms with van der Waals surface area (Å²) in [4.78, 5) is 0. The molecule has 1 rings (SSSR count). The predicted octanol–water partition coefficient (Wildman–Crippen LogP) is 2.77. The van der Waals surface area contributed by atoms with Crippen molar-refractivity contribution < 1.29 is 19.3 Å². The van der Waals surface area contributed by atoms with Crippen molar-refractivity contribution in [2.45, 2.75) is 33.3 Å². The van der Waals surface area contributed by atoms with Crippen molar-refractivity contribution in [3.8, 4) is 11.5 Å². The van der Waals surface area contributed by atoms with E-state index in [2.05, 4.69) is 13.8 Å². The number of rotatable bonds is 10. The fraction of sp³-hybridized carbons (Fsp3) is 0.600. The summed E-state index contributed by atoms with van der Waals surface area (Å²) in [5, 5.41) is 9.27. The highest BCUT2D eigenvalue weighted by Crippen LogP contribution is 2.25. The lowest BCUT2D eigenvalue weighted by Gasteiger charge is -2.12. The lowest BCUT2D eigenvalue weighted by atomic mass is 10.2. The van der Waals surface area contributed by atoms with Crippen molar-refractivity contribution in [2.75, 3.05) is 26.4 Å². The first-order valence-corrected chi connectivity index (χ1v) is 6.88. The maximum Gasteiger partial charge on any atom is 0.128 e. The van der Waals surface area contributed by atoms with Gasteiger partial charge in [-0.1, -0.05) is 13.8 Å². The first kappa shape index (κ1) is 15.8. The molecule has 4 nitrogen and oxygen atoms in total. The molecule has 1 N–H and O–H groups in total. The van der Waals surface area contributed by atoms with Gasteiger partial charge in [0, 0.05) is 18.2 Å². The van der Waals surface area contributed by atoms with Crippen molar-refractivity contribution in [3.63, 3.8) is 0 Å². The molecule has 1 aromatic carbocycles. The molecule has 0 heterocycles. The third-order valence-corrected chi connectivity index (χ3v) is 2.52. The van der Waals surface area contributed by atoms with Gasteiger partial charge in [0.05, 0.1) is 19.8 Å². The Morgan fingerprint density at radius 1 is 0.947 bits per heavy atom. The molecule has 0 saturated carbocycles. The Bertz CT molecular complexity index is 352. The molecule has 0 aliphatic carbocycles. The normalized spacial score (nSPS) is 10.5. The highest BCUT2D eigenvalue weighted by Gasteiger charge is 2.05. The van der Waals surface area contributed by atoms with E-state index in [-0.39, 0.29) is 6.61 Å². The van der Waals surface area contributed by atoms with E-state index in [1.165, 1.54) is 0 Å². The van der Waals surface area contributed by atoms with Gasteiger partial charge in [0.25, 0.3) is 0 Å². The number of aliphatic hydroxyl groups is 1. The summed E-state index contributed by atoms with van der Waals surface area (Å²) in [6.07, 6.45) is 1.96. The van der Waals surface area contributed by atoms with Crippen molar-refractivity contribution in [3.05, 3.63) is 23.8 Å². The Labute approximate surface area is 115 Å². The van der Waals surface area contributed by atoms with Crippen LogP contribution in [0.4, 0.5) is 0 Å². The molecular formula is C15H24O4. The first-order chi connectivity index (χ1) is 9.31. The zero-order valence-corrected chi connectivity index (χ0v) is 11.9. The molecule has 0 amide bonds. The van der Waals surface area contributed by atoms with Gasteiger partial charge in [-0.25, -0.2) is 0 Å². The van der Waals surface area contributed by atoms with Crippen LogP contribution >= 0.6 is 0 Å². The summed E-state index contributed by atoms with van der Waals surface area (Å²) in [6, 6.07) is 5.50. The highest BCUT2D eigenvalue weighted by atomic mass is 16.5. The Morgan fingerprint density at radius 3 is 2.42 bits per heavy atom. The minimum Gasteiger partial charge on any atom is -0.493 e. The van der Waals surface area contributed by atoms with Crippen molar-refractivity contribution in [2.24, 2.45) is 0 Å². The Balaban J connectivity index is 2.52. The van der Waals surface area contributed by atoms with E-state index in [0.29, 0.717) is 25.6 Å². The van der Waals surface area contributed by atoms with Crippen LogP contribution in [0.3, 0.4) is 0 Å². The van der Waals surface area contributed by atoms with Gasteiger partial charge in [-0.15, -0.1) is 0 Å². The average Bonchev–Trinajstić information content (AvgIpc) is 2.45. The van der Waals surface area contributed by atoms with Gasteiger partial charge in [0.15, 0.2) is 0 Å². The maximum absolute atomic E-state index is 9.27. The molecule has 0 spiro atoms. The molecule has 0 saturated heterocycles. The fourth-order valence-corrected chi connectivity index (χ4v) is 1.57. The number of hydrogen-bond donors (Lipinski definition) is 1. The summed E-state index contributed by atoms with van der Waals surface area (Å²) in [7, 11) is 0. The number of hydrogen-bond acceptors (Lipinski definition) is 4. The second-order valence-electron chi connectivity index (χ2n) is 4.24. The number of aliphatic hydroxyl groups excluding tert-OH is 1. The van der Waals surface area contributed by atoms with Gasteiger partial charge < -0.3 is 19.3 Å². The average molecular weight is 268 g/mol. The minimum absolute atomic E-state index is 0.0425. The molecule has 0 aliphatic heterocycles. The molecular weight excluding hydrogens is 244 g/mol. The van der Waals surface area contributed by atoms with Crippen LogP contribution in [0.15, 0.2) is 18.2 Å². The second kappa shape index (κ2) is 9.64. The summed E-state index contributed by atoms with van der Waals surface area (Å²) in [5.74, 6) is 1.43. The molecule has 0 unspecified atom stereocenters. The van der Waals surface area contributed by atoms with Gasteiger partial charge in [0.1, 0.15) is 18.1 Å². The van der Waals surface area contributed by atoms with E-state index in [9.17, 15) is 5.11 Å². The van der Waals surface area contributed by atoms with E-state index in [4.69, 9.17) is 14.2 Å². The molecule has 108 valence electrons. The molecule has 1 aromatic rings.